The minimum absolute atomic E-state index is 0.00254. The van der Waals surface area contributed by atoms with Crippen LogP contribution in [-0.2, 0) is 11.2 Å². The van der Waals surface area contributed by atoms with Crippen LogP contribution in [0.25, 0.3) is 0 Å². The summed E-state index contributed by atoms with van der Waals surface area (Å²) in [5.41, 5.74) is 2.01. The van der Waals surface area contributed by atoms with E-state index in [2.05, 4.69) is 5.32 Å². The van der Waals surface area contributed by atoms with E-state index >= 15 is 0 Å². The molecule has 4 nitrogen and oxygen atoms in total. The molecule has 1 N–H and O–H groups in total. The molecule has 0 spiro atoms. The first kappa shape index (κ1) is 18.1. The number of halogens is 1. The largest absolute Gasteiger partial charge is 0.493 e. The van der Waals surface area contributed by atoms with E-state index in [-0.39, 0.29) is 11.9 Å². The number of nitrogens with one attached hydrogen (secondary N) is 1. The van der Waals surface area contributed by atoms with E-state index in [1.54, 1.807) is 14.2 Å². The molecule has 0 aromatic heterocycles. The van der Waals surface area contributed by atoms with Crippen molar-refractivity contribution in [1.82, 2.24) is 5.32 Å². The normalized spacial score (nSPS) is 11.7. The lowest BCUT2D eigenvalue weighted by molar-refractivity contribution is -0.121. The third-order valence-electron chi connectivity index (χ3n) is 3.81. The van der Waals surface area contributed by atoms with Gasteiger partial charge >= 0.3 is 0 Å². The maximum atomic E-state index is 12.2. The van der Waals surface area contributed by atoms with Crippen molar-refractivity contribution < 1.29 is 14.3 Å². The Hall–Kier alpha value is -2.20. The van der Waals surface area contributed by atoms with Gasteiger partial charge in [0.1, 0.15) is 0 Å². The summed E-state index contributed by atoms with van der Waals surface area (Å²) in [6.45, 7) is 1.94. The Balaban J connectivity index is 1.91. The van der Waals surface area contributed by atoms with Crippen molar-refractivity contribution in [2.24, 2.45) is 0 Å². The van der Waals surface area contributed by atoms with E-state index in [0.29, 0.717) is 29.4 Å². The molecule has 1 unspecified atom stereocenters. The maximum absolute atomic E-state index is 12.2. The quantitative estimate of drug-likeness (QED) is 0.817. The van der Waals surface area contributed by atoms with E-state index in [9.17, 15) is 4.79 Å². The lowest BCUT2D eigenvalue weighted by Gasteiger charge is -2.15. The van der Waals surface area contributed by atoms with Gasteiger partial charge in [-0.3, -0.25) is 4.79 Å². The summed E-state index contributed by atoms with van der Waals surface area (Å²) in [5.74, 6) is 1.35. The number of carbonyl (C=O) groups excluding carboxylic acids is 1. The van der Waals surface area contributed by atoms with Gasteiger partial charge in [-0.25, -0.2) is 0 Å². The fourth-order valence-corrected chi connectivity index (χ4v) is 2.67. The van der Waals surface area contributed by atoms with Crippen molar-refractivity contribution in [2.75, 3.05) is 14.2 Å². The summed E-state index contributed by atoms with van der Waals surface area (Å²) < 4.78 is 10.5. The lowest BCUT2D eigenvalue weighted by atomic mass is 10.1. The van der Waals surface area contributed by atoms with Crippen LogP contribution in [0.3, 0.4) is 0 Å². The maximum Gasteiger partial charge on any atom is 0.220 e. The van der Waals surface area contributed by atoms with Crippen molar-refractivity contribution in [3.8, 4) is 11.5 Å². The summed E-state index contributed by atoms with van der Waals surface area (Å²) >= 11 is 5.99. The van der Waals surface area contributed by atoms with E-state index < -0.39 is 0 Å². The van der Waals surface area contributed by atoms with Gasteiger partial charge < -0.3 is 14.8 Å². The third-order valence-corrected chi connectivity index (χ3v) is 4.05. The van der Waals surface area contributed by atoms with Crippen molar-refractivity contribution in [1.29, 1.82) is 0 Å². The van der Waals surface area contributed by atoms with E-state index in [0.717, 1.165) is 11.1 Å². The standard InChI is InChI=1S/C19H22ClNO3/c1-13(15-5-4-6-16(20)12-15)21-19(22)10-8-14-7-9-17(23-2)18(11-14)24-3/h4-7,9,11-13H,8,10H2,1-3H3,(H,21,22). The van der Waals surface area contributed by atoms with Crippen LogP contribution in [0.5, 0.6) is 11.5 Å². The number of benzene rings is 2. The number of hydrogen-bond acceptors (Lipinski definition) is 3. The van der Waals surface area contributed by atoms with Crippen LogP contribution >= 0.6 is 11.6 Å². The van der Waals surface area contributed by atoms with Gasteiger partial charge in [-0.2, -0.15) is 0 Å². The molecular weight excluding hydrogens is 326 g/mol. The van der Waals surface area contributed by atoms with E-state index in [4.69, 9.17) is 21.1 Å². The molecular formula is C19H22ClNO3. The highest BCUT2D eigenvalue weighted by molar-refractivity contribution is 6.30. The van der Waals surface area contributed by atoms with Gasteiger partial charge in [0, 0.05) is 11.4 Å². The molecule has 2 aromatic rings. The Morgan fingerprint density at radius 1 is 1.12 bits per heavy atom. The first-order valence-electron chi connectivity index (χ1n) is 7.79. The second kappa shape index (κ2) is 8.60. The van der Waals surface area contributed by atoms with Gasteiger partial charge in [-0.05, 0) is 48.7 Å². The molecule has 0 saturated carbocycles. The minimum atomic E-state index is -0.0818. The second-order valence-corrected chi connectivity index (χ2v) is 5.97. The summed E-state index contributed by atoms with van der Waals surface area (Å²) in [4.78, 5) is 12.2. The minimum Gasteiger partial charge on any atom is -0.493 e. The highest BCUT2D eigenvalue weighted by Crippen LogP contribution is 2.28. The molecule has 0 aliphatic carbocycles. The first-order valence-corrected chi connectivity index (χ1v) is 8.17. The predicted molar refractivity (Wildman–Crippen MR) is 95.9 cm³/mol. The SMILES string of the molecule is COc1ccc(CCC(=O)NC(C)c2cccc(Cl)c2)cc1OC. The molecule has 0 aliphatic heterocycles. The molecule has 0 radical (unpaired) electrons. The van der Waals surface area contributed by atoms with Gasteiger partial charge in [0.2, 0.25) is 5.91 Å². The van der Waals surface area contributed by atoms with Gasteiger partial charge in [0.15, 0.2) is 11.5 Å². The number of methoxy groups -OCH3 is 2. The van der Waals surface area contributed by atoms with Crippen LogP contribution in [0.1, 0.15) is 30.5 Å². The van der Waals surface area contributed by atoms with Gasteiger partial charge in [-0.1, -0.05) is 29.8 Å². The second-order valence-electron chi connectivity index (χ2n) is 5.53. The molecule has 2 aromatic carbocycles. The highest BCUT2D eigenvalue weighted by atomic mass is 35.5. The number of amides is 1. The summed E-state index contributed by atoms with van der Waals surface area (Å²) in [5, 5.41) is 3.66. The molecule has 0 fully saturated rings. The predicted octanol–water partition coefficient (Wildman–Crippen LogP) is 4.17. The smallest absolute Gasteiger partial charge is 0.220 e. The molecule has 0 aliphatic rings. The van der Waals surface area contributed by atoms with Crippen LogP contribution in [0.2, 0.25) is 5.02 Å². The fourth-order valence-electron chi connectivity index (χ4n) is 2.47. The van der Waals surface area contributed by atoms with E-state index in [1.165, 1.54) is 0 Å². The molecule has 128 valence electrons. The molecule has 0 saturated heterocycles. The third kappa shape index (κ3) is 4.90. The topological polar surface area (TPSA) is 47.6 Å². The Bertz CT molecular complexity index is 703. The van der Waals surface area contributed by atoms with Gasteiger partial charge in [-0.15, -0.1) is 0 Å². The van der Waals surface area contributed by atoms with Crippen molar-refractivity contribution in [3.05, 3.63) is 58.6 Å². The van der Waals surface area contributed by atoms with Gasteiger partial charge in [0.25, 0.3) is 0 Å². The Kier molecular flexibility index (Phi) is 6.50. The average Bonchev–Trinajstić information content (AvgIpc) is 2.59. The Morgan fingerprint density at radius 3 is 2.54 bits per heavy atom. The van der Waals surface area contributed by atoms with Crippen LogP contribution in [-0.4, -0.2) is 20.1 Å². The Labute approximate surface area is 147 Å². The lowest BCUT2D eigenvalue weighted by Crippen LogP contribution is -2.26. The molecule has 0 bridgehead atoms. The summed E-state index contributed by atoms with van der Waals surface area (Å²) in [6.07, 6.45) is 1.04. The average molecular weight is 348 g/mol. The molecule has 1 amide bonds. The number of ether oxygens (including phenoxy) is 2. The number of hydrogen-bond donors (Lipinski definition) is 1. The zero-order valence-electron chi connectivity index (χ0n) is 14.1. The monoisotopic (exact) mass is 347 g/mol. The summed E-state index contributed by atoms with van der Waals surface area (Å²) in [6, 6.07) is 13.1. The van der Waals surface area contributed by atoms with E-state index in [1.807, 2.05) is 49.4 Å². The van der Waals surface area contributed by atoms with Crippen molar-refractivity contribution in [3.63, 3.8) is 0 Å². The molecule has 1 atom stereocenters. The van der Waals surface area contributed by atoms with Crippen LogP contribution in [0.15, 0.2) is 42.5 Å². The molecule has 2 rings (SSSR count). The number of rotatable bonds is 7. The molecule has 5 heteroatoms. The fraction of sp³-hybridized carbons (Fsp3) is 0.316. The summed E-state index contributed by atoms with van der Waals surface area (Å²) in [7, 11) is 3.20. The van der Waals surface area contributed by atoms with Crippen LogP contribution in [0.4, 0.5) is 0 Å². The molecule has 0 heterocycles. The highest BCUT2D eigenvalue weighted by Gasteiger charge is 2.11. The zero-order valence-corrected chi connectivity index (χ0v) is 14.9. The first-order chi connectivity index (χ1) is 11.5. The number of carbonyl (C=O) groups is 1. The van der Waals surface area contributed by atoms with Crippen LogP contribution in [0, 0.1) is 0 Å². The van der Waals surface area contributed by atoms with Crippen LogP contribution < -0.4 is 14.8 Å². The van der Waals surface area contributed by atoms with Crippen molar-refractivity contribution in [2.45, 2.75) is 25.8 Å². The van der Waals surface area contributed by atoms with Gasteiger partial charge in [0.05, 0.1) is 20.3 Å². The number of aryl methyl sites for hydroxylation is 1. The zero-order chi connectivity index (χ0) is 17.5. The Morgan fingerprint density at radius 2 is 1.88 bits per heavy atom. The molecule has 24 heavy (non-hydrogen) atoms. The van der Waals surface area contributed by atoms with Crippen molar-refractivity contribution >= 4 is 17.5 Å².